The summed E-state index contributed by atoms with van der Waals surface area (Å²) in [6.07, 6.45) is -4.40. The summed E-state index contributed by atoms with van der Waals surface area (Å²) in [6.45, 7) is 4.73. The number of rotatable bonds is 3. The molecule has 146 valence electrons. The van der Waals surface area contributed by atoms with E-state index in [1.165, 1.54) is 10.4 Å². The quantitative estimate of drug-likeness (QED) is 0.789. The fourth-order valence-corrected chi connectivity index (χ4v) is 4.92. The fraction of sp³-hybridized carbons (Fsp3) is 0.368. The van der Waals surface area contributed by atoms with E-state index >= 15 is 0 Å². The zero-order chi connectivity index (χ0) is 19.8. The van der Waals surface area contributed by atoms with Crippen LogP contribution in [0.15, 0.2) is 47.4 Å². The van der Waals surface area contributed by atoms with E-state index in [2.05, 4.69) is 0 Å². The Balaban J connectivity index is 1.77. The molecule has 1 heterocycles. The molecule has 3 rings (SSSR count). The van der Waals surface area contributed by atoms with Crippen LogP contribution in [0, 0.1) is 13.8 Å². The summed E-state index contributed by atoms with van der Waals surface area (Å²) in [5, 5.41) is 0. The highest BCUT2D eigenvalue weighted by Crippen LogP contribution is 2.32. The Hall–Kier alpha value is -2.06. The van der Waals surface area contributed by atoms with Crippen molar-refractivity contribution >= 4 is 15.7 Å². The Morgan fingerprint density at radius 2 is 1.59 bits per heavy atom. The molecule has 0 aliphatic carbocycles. The molecule has 0 atom stereocenters. The first-order chi connectivity index (χ1) is 12.6. The number of anilines is 1. The van der Waals surface area contributed by atoms with E-state index in [4.69, 9.17) is 0 Å². The largest absolute Gasteiger partial charge is 0.416 e. The molecule has 0 spiro atoms. The molecule has 0 amide bonds. The van der Waals surface area contributed by atoms with Crippen molar-refractivity contribution in [1.29, 1.82) is 0 Å². The van der Waals surface area contributed by atoms with Gasteiger partial charge in [0.25, 0.3) is 0 Å². The molecule has 4 nitrogen and oxygen atoms in total. The van der Waals surface area contributed by atoms with Crippen LogP contribution in [-0.4, -0.2) is 38.9 Å². The van der Waals surface area contributed by atoms with Crippen LogP contribution in [0.3, 0.4) is 0 Å². The highest BCUT2D eigenvalue weighted by atomic mass is 32.2. The minimum atomic E-state index is -4.40. The van der Waals surface area contributed by atoms with Crippen LogP contribution in [0.25, 0.3) is 0 Å². The number of alkyl halides is 3. The fourth-order valence-electron chi connectivity index (χ4n) is 3.19. The Labute approximate surface area is 157 Å². The van der Waals surface area contributed by atoms with Gasteiger partial charge in [0, 0.05) is 31.9 Å². The predicted octanol–water partition coefficient (Wildman–Crippen LogP) is 3.83. The Morgan fingerprint density at radius 3 is 2.22 bits per heavy atom. The SMILES string of the molecule is Cc1ccc(C)c(S(=O)(=O)N2CCN(c3cccc(C(F)(F)F)c3)CC2)c1. The Morgan fingerprint density at radius 1 is 0.926 bits per heavy atom. The second-order valence-corrected chi connectivity index (χ2v) is 8.61. The van der Waals surface area contributed by atoms with E-state index in [9.17, 15) is 21.6 Å². The molecule has 0 radical (unpaired) electrons. The van der Waals surface area contributed by atoms with Crippen LogP contribution in [0.1, 0.15) is 16.7 Å². The van der Waals surface area contributed by atoms with Crippen molar-refractivity contribution in [2.24, 2.45) is 0 Å². The third kappa shape index (κ3) is 4.11. The summed E-state index contributed by atoms with van der Waals surface area (Å²) >= 11 is 0. The summed E-state index contributed by atoms with van der Waals surface area (Å²) in [6, 6.07) is 10.4. The van der Waals surface area contributed by atoms with Crippen LogP contribution in [0.4, 0.5) is 18.9 Å². The second-order valence-electron chi connectivity index (χ2n) is 6.71. The second kappa shape index (κ2) is 7.16. The number of halogens is 3. The van der Waals surface area contributed by atoms with Gasteiger partial charge in [-0.1, -0.05) is 18.2 Å². The average molecular weight is 398 g/mol. The van der Waals surface area contributed by atoms with Gasteiger partial charge in [-0.2, -0.15) is 17.5 Å². The monoisotopic (exact) mass is 398 g/mol. The highest BCUT2D eigenvalue weighted by Gasteiger charge is 2.32. The van der Waals surface area contributed by atoms with Gasteiger partial charge >= 0.3 is 6.18 Å². The maximum absolute atomic E-state index is 12.9. The molecule has 27 heavy (non-hydrogen) atoms. The van der Waals surface area contributed by atoms with Gasteiger partial charge in [-0.15, -0.1) is 0 Å². The standard InChI is InChI=1S/C19H21F3N2O2S/c1-14-6-7-15(2)18(12-14)27(25,26)24-10-8-23(9-11-24)17-5-3-4-16(13-17)19(20,21)22/h3-7,12-13H,8-11H2,1-2H3. The van der Waals surface area contributed by atoms with E-state index in [1.807, 2.05) is 13.0 Å². The first-order valence-electron chi connectivity index (χ1n) is 8.58. The Bertz CT molecular complexity index is 934. The molecule has 0 aromatic heterocycles. The molecule has 1 aliphatic heterocycles. The number of hydrogen-bond acceptors (Lipinski definition) is 3. The third-order valence-electron chi connectivity index (χ3n) is 4.74. The van der Waals surface area contributed by atoms with Gasteiger partial charge in [-0.25, -0.2) is 8.42 Å². The minimum absolute atomic E-state index is 0.228. The van der Waals surface area contributed by atoms with Gasteiger partial charge < -0.3 is 4.90 Å². The van der Waals surface area contributed by atoms with E-state index in [0.29, 0.717) is 24.3 Å². The van der Waals surface area contributed by atoms with Crippen molar-refractivity contribution in [2.75, 3.05) is 31.1 Å². The Kier molecular flexibility index (Phi) is 5.22. The van der Waals surface area contributed by atoms with Crippen LogP contribution in [0.5, 0.6) is 0 Å². The zero-order valence-electron chi connectivity index (χ0n) is 15.1. The third-order valence-corrected chi connectivity index (χ3v) is 6.78. The number of aryl methyl sites for hydroxylation is 2. The molecular weight excluding hydrogens is 377 g/mol. The van der Waals surface area contributed by atoms with Crippen LogP contribution in [0.2, 0.25) is 0 Å². The van der Waals surface area contributed by atoms with Crippen molar-refractivity contribution < 1.29 is 21.6 Å². The van der Waals surface area contributed by atoms with Crippen molar-refractivity contribution in [1.82, 2.24) is 4.31 Å². The van der Waals surface area contributed by atoms with Gasteiger partial charge in [0.15, 0.2) is 0 Å². The van der Waals surface area contributed by atoms with Gasteiger partial charge in [0.2, 0.25) is 10.0 Å². The number of piperazine rings is 1. The normalized spacial score (nSPS) is 16.6. The number of nitrogens with zero attached hydrogens (tertiary/aromatic N) is 2. The summed E-state index contributed by atoms with van der Waals surface area (Å²) < 4.78 is 66.0. The highest BCUT2D eigenvalue weighted by molar-refractivity contribution is 7.89. The van der Waals surface area contributed by atoms with E-state index in [1.54, 1.807) is 30.0 Å². The molecule has 0 saturated carbocycles. The minimum Gasteiger partial charge on any atom is -0.369 e. The smallest absolute Gasteiger partial charge is 0.369 e. The topological polar surface area (TPSA) is 40.6 Å². The summed E-state index contributed by atoms with van der Waals surface area (Å²) in [7, 11) is -3.63. The van der Waals surface area contributed by atoms with Gasteiger partial charge in [0.1, 0.15) is 0 Å². The molecular formula is C19H21F3N2O2S. The van der Waals surface area contributed by atoms with Crippen LogP contribution < -0.4 is 4.90 Å². The zero-order valence-corrected chi connectivity index (χ0v) is 15.9. The molecule has 8 heteroatoms. The summed E-state index contributed by atoms with van der Waals surface area (Å²) in [5.41, 5.74) is 1.29. The molecule has 2 aromatic rings. The van der Waals surface area contributed by atoms with Crippen molar-refractivity contribution in [3.8, 4) is 0 Å². The molecule has 1 fully saturated rings. The molecule has 2 aromatic carbocycles. The first-order valence-corrected chi connectivity index (χ1v) is 10.0. The summed E-state index contributed by atoms with van der Waals surface area (Å²) in [4.78, 5) is 2.07. The molecule has 0 bridgehead atoms. The number of benzene rings is 2. The van der Waals surface area contributed by atoms with Crippen molar-refractivity contribution in [3.63, 3.8) is 0 Å². The lowest BCUT2D eigenvalue weighted by molar-refractivity contribution is -0.137. The van der Waals surface area contributed by atoms with Crippen molar-refractivity contribution in [3.05, 3.63) is 59.2 Å². The first kappa shape index (κ1) is 19.7. The van der Waals surface area contributed by atoms with Gasteiger partial charge in [-0.3, -0.25) is 0 Å². The van der Waals surface area contributed by atoms with Crippen LogP contribution >= 0.6 is 0 Å². The van der Waals surface area contributed by atoms with E-state index in [-0.39, 0.29) is 18.0 Å². The average Bonchev–Trinajstić information content (AvgIpc) is 2.63. The predicted molar refractivity (Wildman–Crippen MR) is 98.3 cm³/mol. The summed E-state index contributed by atoms with van der Waals surface area (Å²) in [5.74, 6) is 0. The number of sulfonamides is 1. The lowest BCUT2D eigenvalue weighted by atomic mass is 10.1. The van der Waals surface area contributed by atoms with Gasteiger partial charge in [-0.05, 0) is 49.2 Å². The lowest BCUT2D eigenvalue weighted by Gasteiger charge is -2.35. The molecule has 1 aliphatic rings. The molecule has 0 unspecified atom stereocenters. The van der Waals surface area contributed by atoms with Crippen molar-refractivity contribution in [2.45, 2.75) is 24.9 Å². The lowest BCUT2D eigenvalue weighted by Crippen LogP contribution is -2.48. The molecule has 0 N–H and O–H groups in total. The van der Waals surface area contributed by atoms with E-state index < -0.39 is 21.8 Å². The molecule has 1 saturated heterocycles. The van der Waals surface area contributed by atoms with Crippen LogP contribution in [-0.2, 0) is 16.2 Å². The van der Waals surface area contributed by atoms with Gasteiger partial charge in [0.05, 0.1) is 10.5 Å². The number of hydrogen-bond donors (Lipinski definition) is 0. The van der Waals surface area contributed by atoms with E-state index in [0.717, 1.165) is 17.7 Å². The maximum Gasteiger partial charge on any atom is 0.416 e. The maximum atomic E-state index is 12.9.